The van der Waals surface area contributed by atoms with Crippen molar-refractivity contribution in [3.05, 3.63) is 23.2 Å². The highest BCUT2D eigenvalue weighted by atomic mass is 16.3. The van der Waals surface area contributed by atoms with Crippen LogP contribution in [-0.4, -0.2) is 24.0 Å². The first kappa shape index (κ1) is 14.6. The van der Waals surface area contributed by atoms with Gasteiger partial charge >= 0.3 is 0 Å². The van der Waals surface area contributed by atoms with E-state index in [4.69, 9.17) is 4.42 Å². The zero-order valence-electron chi connectivity index (χ0n) is 12.7. The number of nitrogens with zero attached hydrogens (tertiary/aromatic N) is 1. The Morgan fingerprint density at radius 3 is 3.00 bits per heavy atom. The van der Waals surface area contributed by atoms with E-state index in [-0.39, 0.29) is 0 Å². The molecule has 2 heterocycles. The summed E-state index contributed by atoms with van der Waals surface area (Å²) in [6.45, 7) is 10.7. The zero-order chi connectivity index (χ0) is 13.7. The third-order valence-electron chi connectivity index (χ3n) is 4.18. The average Bonchev–Trinajstić information content (AvgIpc) is 2.61. The van der Waals surface area contributed by atoms with Crippen LogP contribution in [0.1, 0.15) is 56.6 Å². The van der Waals surface area contributed by atoms with Gasteiger partial charge in [0.25, 0.3) is 0 Å². The average molecular weight is 264 g/mol. The predicted molar refractivity (Wildman–Crippen MR) is 79.2 cm³/mol. The molecule has 1 atom stereocenters. The Morgan fingerprint density at radius 1 is 1.37 bits per heavy atom. The Morgan fingerprint density at radius 2 is 2.21 bits per heavy atom. The maximum atomic E-state index is 5.84. The highest BCUT2D eigenvalue weighted by Crippen LogP contribution is 2.22. The second-order valence-electron chi connectivity index (χ2n) is 5.74. The molecule has 1 saturated heterocycles. The fraction of sp³-hybridized carbons (Fsp3) is 0.750. The second-order valence-corrected chi connectivity index (χ2v) is 5.74. The third-order valence-corrected chi connectivity index (χ3v) is 4.18. The van der Waals surface area contributed by atoms with Crippen molar-refractivity contribution in [2.24, 2.45) is 0 Å². The first-order chi connectivity index (χ1) is 9.20. The summed E-state index contributed by atoms with van der Waals surface area (Å²) < 4.78 is 5.84. The van der Waals surface area contributed by atoms with E-state index < -0.39 is 0 Å². The molecule has 19 heavy (non-hydrogen) atoms. The lowest BCUT2D eigenvalue weighted by Crippen LogP contribution is -2.32. The molecule has 2 rings (SSSR count). The van der Waals surface area contributed by atoms with Crippen molar-refractivity contribution < 1.29 is 4.42 Å². The number of nitrogens with one attached hydrogen (secondary N) is 1. The lowest BCUT2D eigenvalue weighted by atomic mass is 10.1. The molecular weight excluding hydrogens is 236 g/mol. The quantitative estimate of drug-likeness (QED) is 0.883. The van der Waals surface area contributed by atoms with Crippen molar-refractivity contribution in [1.29, 1.82) is 0 Å². The van der Waals surface area contributed by atoms with Gasteiger partial charge in [-0.2, -0.15) is 0 Å². The summed E-state index contributed by atoms with van der Waals surface area (Å²) in [6, 6.07) is 2.93. The van der Waals surface area contributed by atoms with Crippen molar-refractivity contribution in [3.8, 4) is 0 Å². The Bertz CT molecular complexity index is 386. The summed E-state index contributed by atoms with van der Waals surface area (Å²) in [5.74, 6) is 2.15. The first-order valence-corrected chi connectivity index (χ1v) is 7.73. The minimum Gasteiger partial charge on any atom is -0.465 e. The van der Waals surface area contributed by atoms with Crippen molar-refractivity contribution in [1.82, 2.24) is 10.2 Å². The van der Waals surface area contributed by atoms with Crippen LogP contribution in [0.2, 0.25) is 0 Å². The molecule has 3 heteroatoms. The highest BCUT2D eigenvalue weighted by molar-refractivity contribution is 5.21. The molecular formula is C16H28N2O. The molecule has 108 valence electrons. The second kappa shape index (κ2) is 7.11. The predicted octanol–water partition coefficient (Wildman–Crippen LogP) is 3.46. The van der Waals surface area contributed by atoms with Gasteiger partial charge in [-0.3, -0.25) is 4.90 Å². The van der Waals surface area contributed by atoms with Crippen LogP contribution < -0.4 is 5.32 Å². The Hall–Kier alpha value is -0.800. The molecule has 3 nitrogen and oxygen atoms in total. The SMILES string of the molecule is CCNCc1cc(CN2CCCCCC2C)c(C)o1. The van der Waals surface area contributed by atoms with Gasteiger partial charge in [-0.1, -0.05) is 19.8 Å². The molecule has 0 amide bonds. The highest BCUT2D eigenvalue weighted by Gasteiger charge is 2.19. The molecule has 1 aliphatic rings. The van der Waals surface area contributed by atoms with Crippen molar-refractivity contribution in [3.63, 3.8) is 0 Å². The Balaban J connectivity index is 1.98. The molecule has 0 spiro atoms. The van der Waals surface area contributed by atoms with E-state index in [2.05, 4.69) is 37.1 Å². The van der Waals surface area contributed by atoms with Gasteiger partial charge in [0.05, 0.1) is 6.54 Å². The summed E-state index contributed by atoms with van der Waals surface area (Å²) in [5.41, 5.74) is 1.36. The molecule has 1 aromatic heterocycles. The van der Waals surface area contributed by atoms with Crippen LogP contribution in [0.25, 0.3) is 0 Å². The topological polar surface area (TPSA) is 28.4 Å². The van der Waals surface area contributed by atoms with Gasteiger partial charge in [-0.25, -0.2) is 0 Å². The molecule has 1 fully saturated rings. The van der Waals surface area contributed by atoms with Crippen LogP contribution in [0.15, 0.2) is 10.5 Å². The molecule has 1 aromatic rings. The smallest absolute Gasteiger partial charge is 0.118 e. The lowest BCUT2D eigenvalue weighted by Gasteiger charge is -2.26. The molecule has 1 N–H and O–H groups in total. The van der Waals surface area contributed by atoms with Crippen molar-refractivity contribution >= 4 is 0 Å². The summed E-state index contributed by atoms with van der Waals surface area (Å²) in [4.78, 5) is 2.61. The van der Waals surface area contributed by atoms with Crippen LogP contribution in [0, 0.1) is 6.92 Å². The summed E-state index contributed by atoms with van der Waals surface area (Å²) in [7, 11) is 0. The Labute approximate surface area is 117 Å². The van der Waals surface area contributed by atoms with Crippen LogP contribution in [-0.2, 0) is 13.1 Å². The monoisotopic (exact) mass is 264 g/mol. The lowest BCUT2D eigenvalue weighted by molar-refractivity contribution is 0.204. The first-order valence-electron chi connectivity index (χ1n) is 7.73. The Kier molecular flexibility index (Phi) is 5.46. The van der Waals surface area contributed by atoms with Gasteiger partial charge < -0.3 is 9.73 Å². The fourth-order valence-corrected chi connectivity index (χ4v) is 2.87. The summed E-state index contributed by atoms with van der Waals surface area (Å²) in [5, 5.41) is 3.32. The van der Waals surface area contributed by atoms with E-state index in [1.54, 1.807) is 0 Å². The van der Waals surface area contributed by atoms with Crippen LogP contribution in [0.4, 0.5) is 0 Å². The van der Waals surface area contributed by atoms with Gasteiger partial charge in [0.2, 0.25) is 0 Å². The normalized spacial score (nSPS) is 21.5. The standard InChI is InChI=1S/C16H28N2O/c1-4-17-11-16-10-15(14(3)19-16)12-18-9-7-5-6-8-13(18)2/h10,13,17H,4-9,11-12H2,1-3H3. The van der Waals surface area contributed by atoms with E-state index >= 15 is 0 Å². The number of furan rings is 1. The number of rotatable bonds is 5. The molecule has 0 aliphatic carbocycles. The maximum absolute atomic E-state index is 5.84. The third kappa shape index (κ3) is 4.08. The molecule has 1 aliphatic heterocycles. The summed E-state index contributed by atoms with van der Waals surface area (Å²) in [6.07, 6.45) is 5.44. The van der Waals surface area contributed by atoms with Crippen molar-refractivity contribution in [2.45, 2.75) is 65.6 Å². The van der Waals surface area contributed by atoms with E-state index in [1.807, 2.05) is 0 Å². The molecule has 1 unspecified atom stereocenters. The molecule has 0 aromatic carbocycles. The van der Waals surface area contributed by atoms with Crippen LogP contribution >= 0.6 is 0 Å². The number of aryl methyl sites for hydroxylation is 1. The van der Waals surface area contributed by atoms with Gasteiger partial charge in [0.15, 0.2) is 0 Å². The van der Waals surface area contributed by atoms with Crippen molar-refractivity contribution in [2.75, 3.05) is 13.1 Å². The minimum atomic E-state index is 0.703. The number of hydrogen-bond donors (Lipinski definition) is 1. The van der Waals surface area contributed by atoms with E-state index in [1.165, 1.54) is 37.8 Å². The summed E-state index contributed by atoms with van der Waals surface area (Å²) >= 11 is 0. The largest absolute Gasteiger partial charge is 0.465 e. The van der Waals surface area contributed by atoms with Crippen LogP contribution in [0.3, 0.4) is 0 Å². The maximum Gasteiger partial charge on any atom is 0.118 e. The van der Waals surface area contributed by atoms with Gasteiger partial charge in [-0.15, -0.1) is 0 Å². The minimum absolute atomic E-state index is 0.703. The van der Waals surface area contributed by atoms with E-state index in [0.29, 0.717) is 6.04 Å². The zero-order valence-corrected chi connectivity index (χ0v) is 12.7. The number of hydrogen-bond acceptors (Lipinski definition) is 3. The number of likely N-dealkylation sites (tertiary alicyclic amines) is 1. The van der Waals surface area contributed by atoms with E-state index in [0.717, 1.165) is 31.2 Å². The molecule has 0 bridgehead atoms. The molecule has 0 radical (unpaired) electrons. The fourth-order valence-electron chi connectivity index (χ4n) is 2.87. The molecule has 0 saturated carbocycles. The van der Waals surface area contributed by atoms with Gasteiger partial charge in [0.1, 0.15) is 11.5 Å². The van der Waals surface area contributed by atoms with Gasteiger partial charge in [0, 0.05) is 18.2 Å². The van der Waals surface area contributed by atoms with Gasteiger partial charge in [-0.05, 0) is 45.8 Å². The van der Waals surface area contributed by atoms with E-state index in [9.17, 15) is 0 Å². The van der Waals surface area contributed by atoms with Crippen LogP contribution in [0.5, 0.6) is 0 Å².